The highest BCUT2D eigenvalue weighted by Gasteiger charge is 2.53. The third-order valence-electron chi connectivity index (χ3n) is 5.71. The first-order chi connectivity index (χ1) is 13.9. The maximum atomic E-state index is 12.9. The molecule has 2 aliphatic rings. The molecule has 3 aromatic carbocycles. The summed E-state index contributed by atoms with van der Waals surface area (Å²) >= 11 is 0. The van der Waals surface area contributed by atoms with E-state index in [1.54, 1.807) is 0 Å². The van der Waals surface area contributed by atoms with Gasteiger partial charge in [0.25, 0.3) is 0 Å². The van der Waals surface area contributed by atoms with E-state index in [1.807, 2.05) is 98.7 Å². The molecule has 1 unspecified atom stereocenters. The minimum absolute atomic E-state index is 0.314. The van der Waals surface area contributed by atoms with Gasteiger partial charge >= 0.3 is 5.97 Å². The van der Waals surface area contributed by atoms with E-state index in [9.17, 15) is 4.79 Å². The third kappa shape index (κ3) is 2.37. The molecule has 2 heterocycles. The van der Waals surface area contributed by atoms with Gasteiger partial charge < -0.3 is 19.3 Å². The van der Waals surface area contributed by atoms with Crippen molar-refractivity contribution in [1.29, 1.82) is 0 Å². The summed E-state index contributed by atoms with van der Waals surface area (Å²) < 4.78 is 12.5. The van der Waals surface area contributed by atoms with Crippen molar-refractivity contribution < 1.29 is 14.3 Å². The van der Waals surface area contributed by atoms with Gasteiger partial charge in [-0.2, -0.15) is 0 Å². The van der Waals surface area contributed by atoms with Gasteiger partial charge in [0, 0.05) is 62.3 Å². The van der Waals surface area contributed by atoms with Gasteiger partial charge in [-0.25, -0.2) is 4.79 Å². The summed E-state index contributed by atoms with van der Waals surface area (Å²) in [6.45, 7) is 0. The molecule has 0 saturated heterocycles. The van der Waals surface area contributed by atoms with Crippen molar-refractivity contribution in [1.82, 2.24) is 0 Å². The second-order valence-electron chi connectivity index (χ2n) is 7.87. The Labute approximate surface area is 170 Å². The van der Waals surface area contributed by atoms with Gasteiger partial charge in [-0.3, -0.25) is 0 Å². The van der Waals surface area contributed by atoms with Gasteiger partial charge in [-0.15, -0.1) is 0 Å². The predicted octanol–water partition coefficient (Wildman–Crippen LogP) is 4.39. The minimum Gasteiger partial charge on any atom is -0.456 e. The lowest BCUT2D eigenvalue weighted by atomic mass is 9.77. The van der Waals surface area contributed by atoms with Crippen LogP contribution in [0.3, 0.4) is 0 Å². The smallest absolute Gasteiger partial charge is 0.340 e. The van der Waals surface area contributed by atoms with Crippen LogP contribution in [0, 0.1) is 0 Å². The molecule has 146 valence electrons. The average Bonchev–Trinajstić information content (AvgIpc) is 3.01. The molecular formula is C24H22N2O3. The van der Waals surface area contributed by atoms with Crippen molar-refractivity contribution in [2.24, 2.45) is 0 Å². The number of fused-ring (bicyclic) bond motifs is 6. The van der Waals surface area contributed by atoms with Crippen LogP contribution in [-0.2, 0) is 10.3 Å². The first-order valence-electron chi connectivity index (χ1n) is 9.56. The fourth-order valence-electron chi connectivity index (χ4n) is 4.21. The van der Waals surface area contributed by atoms with Crippen molar-refractivity contribution in [2.75, 3.05) is 38.0 Å². The van der Waals surface area contributed by atoms with E-state index < -0.39 is 5.60 Å². The van der Waals surface area contributed by atoms with E-state index in [0.29, 0.717) is 17.1 Å². The number of carbonyl (C=O) groups is 1. The highest BCUT2D eigenvalue weighted by Crippen LogP contribution is 2.56. The van der Waals surface area contributed by atoms with Gasteiger partial charge in [-0.05, 0) is 36.4 Å². The lowest BCUT2D eigenvalue weighted by Crippen LogP contribution is -2.33. The molecule has 0 aliphatic carbocycles. The average molecular weight is 386 g/mol. The molecule has 5 nitrogen and oxygen atoms in total. The molecule has 0 aromatic heterocycles. The Morgan fingerprint density at radius 3 is 2.17 bits per heavy atom. The molecule has 5 heteroatoms. The number of benzene rings is 3. The number of anilines is 2. The summed E-state index contributed by atoms with van der Waals surface area (Å²) in [5.41, 5.74) is 4.14. The second-order valence-corrected chi connectivity index (χ2v) is 7.87. The van der Waals surface area contributed by atoms with Crippen LogP contribution in [0.15, 0.2) is 60.7 Å². The zero-order valence-corrected chi connectivity index (χ0v) is 16.9. The molecule has 29 heavy (non-hydrogen) atoms. The minimum atomic E-state index is -1.02. The number of esters is 1. The van der Waals surface area contributed by atoms with E-state index in [0.717, 1.165) is 28.1 Å². The van der Waals surface area contributed by atoms with Crippen LogP contribution in [-0.4, -0.2) is 34.2 Å². The molecule has 2 aliphatic heterocycles. The molecule has 0 saturated carbocycles. The second kappa shape index (κ2) is 6.01. The Morgan fingerprint density at radius 2 is 1.41 bits per heavy atom. The first-order valence-corrected chi connectivity index (χ1v) is 9.56. The summed E-state index contributed by atoms with van der Waals surface area (Å²) in [6.07, 6.45) is 0. The van der Waals surface area contributed by atoms with Crippen molar-refractivity contribution in [3.63, 3.8) is 0 Å². The van der Waals surface area contributed by atoms with Crippen LogP contribution in [0.5, 0.6) is 11.5 Å². The Bertz CT molecular complexity index is 1150. The molecule has 0 bridgehead atoms. The molecule has 1 atom stereocenters. The van der Waals surface area contributed by atoms with Crippen molar-refractivity contribution >= 4 is 17.3 Å². The Morgan fingerprint density at radius 1 is 0.724 bits per heavy atom. The van der Waals surface area contributed by atoms with Crippen LogP contribution >= 0.6 is 0 Å². The first kappa shape index (κ1) is 17.6. The van der Waals surface area contributed by atoms with Gasteiger partial charge in [0.15, 0.2) is 5.60 Å². The number of rotatable bonds is 2. The van der Waals surface area contributed by atoms with Gasteiger partial charge in [0.05, 0.1) is 5.56 Å². The van der Waals surface area contributed by atoms with Crippen LogP contribution in [0.2, 0.25) is 0 Å². The summed E-state index contributed by atoms with van der Waals surface area (Å²) in [4.78, 5) is 16.9. The highest BCUT2D eigenvalue weighted by atomic mass is 16.6. The Hall–Kier alpha value is -3.47. The Kier molecular flexibility index (Phi) is 3.65. The molecule has 1 spiro atoms. The summed E-state index contributed by atoms with van der Waals surface area (Å²) in [6, 6.07) is 19.6. The number of hydrogen-bond acceptors (Lipinski definition) is 5. The number of hydrogen-bond donors (Lipinski definition) is 0. The van der Waals surface area contributed by atoms with Crippen LogP contribution in [0.25, 0.3) is 0 Å². The molecular weight excluding hydrogens is 364 g/mol. The topological polar surface area (TPSA) is 42.0 Å². The quantitative estimate of drug-likeness (QED) is 0.611. The number of nitrogens with zero attached hydrogens (tertiary/aromatic N) is 2. The lowest BCUT2D eigenvalue weighted by Gasteiger charge is -2.37. The normalized spacial score (nSPS) is 18.4. The maximum Gasteiger partial charge on any atom is 0.340 e. The summed E-state index contributed by atoms with van der Waals surface area (Å²) in [5.74, 6) is 1.08. The SMILES string of the molecule is CN(C)c1ccc2c(c1)Oc1ccc(N(C)C)cc1C21OC(=O)c2ccccc21. The number of carbonyl (C=O) groups excluding carboxylic acids is 1. The van der Waals surface area contributed by atoms with Gasteiger partial charge in [-0.1, -0.05) is 18.2 Å². The Balaban J connectivity index is 1.85. The monoisotopic (exact) mass is 386 g/mol. The number of ether oxygens (including phenoxy) is 2. The zero-order valence-electron chi connectivity index (χ0n) is 16.9. The van der Waals surface area contributed by atoms with Crippen molar-refractivity contribution in [3.05, 3.63) is 82.9 Å². The van der Waals surface area contributed by atoms with Crippen molar-refractivity contribution in [3.8, 4) is 11.5 Å². The fourth-order valence-corrected chi connectivity index (χ4v) is 4.21. The molecule has 5 rings (SSSR count). The highest BCUT2D eigenvalue weighted by molar-refractivity contribution is 5.97. The van der Waals surface area contributed by atoms with Gasteiger partial charge in [0.1, 0.15) is 11.5 Å². The van der Waals surface area contributed by atoms with Crippen LogP contribution in [0.4, 0.5) is 11.4 Å². The zero-order chi connectivity index (χ0) is 20.3. The lowest BCUT2D eigenvalue weighted by molar-refractivity contribution is 0.0224. The molecule has 0 fully saturated rings. The standard InChI is InChI=1S/C24H22N2O3/c1-25(2)15-10-12-21-20(13-15)24(18-8-6-5-7-17(18)23(27)29-24)19-11-9-16(26(3)4)14-22(19)28-21/h5-14H,1-4H3. The van der Waals surface area contributed by atoms with Crippen LogP contribution < -0.4 is 14.5 Å². The van der Waals surface area contributed by atoms with E-state index in [2.05, 4.69) is 0 Å². The molecule has 0 N–H and O–H groups in total. The third-order valence-corrected chi connectivity index (χ3v) is 5.71. The van der Waals surface area contributed by atoms with Crippen LogP contribution in [0.1, 0.15) is 27.0 Å². The van der Waals surface area contributed by atoms with E-state index in [1.165, 1.54) is 0 Å². The van der Waals surface area contributed by atoms with Gasteiger partial charge in [0.2, 0.25) is 0 Å². The van der Waals surface area contributed by atoms with Crippen molar-refractivity contribution in [2.45, 2.75) is 5.60 Å². The van der Waals surface area contributed by atoms with E-state index >= 15 is 0 Å². The van der Waals surface area contributed by atoms with E-state index in [4.69, 9.17) is 9.47 Å². The predicted molar refractivity (Wildman–Crippen MR) is 113 cm³/mol. The fraction of sp³-hybridized carbons (Fsp3) is 0.208. The molecule has 3 aromatic rings. The summed E-state index contributed by atoms with van der Waals surface area (Å²) in [5, 5.41) is 0. The molecule has 0 radical (unpaired) electrons. The maximum absolute atomic E-state index is 12.9. The van der Waals surface area contributed by atoms with E-state index in [-0.39, 0.29) is 5.97 Å². The summed E-state index contributed by atoms with van der Waals surface area (Å²) in [7, 11) is 7.96. The largest absolute Gasteiger partial charge is 0.456 e. The molecule has 0 amide bonds.